The van der Waals surface area contributed by atoms with E-state index >= 15 is 0 Å². The van der Waals surface area contributed by atoms with Crippen LogP contribution in [0.25, 0.3) is 0 Å². The van der Waals surface area contributed by atoms with Crippen LogP contribution in [0, 0.1) is 12.8 Å². The van der Waals surface area contributed by atoms with Crippen LogP contribution >= 0.6 is 0 Å². The van der Waals surface area contributed by atoms with E-state index < -0.39 is 5.92 Å². The molecule has 1 saturated heterocycles. The van der Waals surface area contributed by atoms with E-state index in [9.17, 15) is 14.4 Å². The van der Waals surface area contributed by atoms with Gasteiger partial charge in [-0.25, -0.2) is 0 Å². The molecule has 2 aromatic carbocycles. The normalized spacial score (nSPS) is 16.3. The Bertz CT molecular complexity index is 861. The van der Waals surface area contributed by atoms with Gasteiger partial charge in [0.15, 0.2) is 0 Å². The Morgan fingerprint density at radius 3 is 2.44 bits per heavy atom. The van der Waals surface area contributed by atoms with Crippen molar-refractivity contribution >= 4 is 23.4 Å². The molecular formula is C21H23N3O3. The highest BCUT2D eigenvalue weighted by molar-refractivity contribution is 6.01. The molecule has 2 N–H and O–H groups in total. The van der Waals surface area contributed by atoms with Gasteiger partial charge in [-0.3, -0.25) is 25.2 Å². The minimum absolute atomic E-state index is 0.0929. The largest absolute Gasteiger partial charge is 0.312 e. The number of carbonyl (C=O) groups is 3. The van der Waals surface area contributed by atoms with Crippen molar-refractivity contribution in [3.63, 3.8) is 0 Å². The summed E-state index contributed by atoms with van der Waals surface area (Å²) in [5, 5.41) is 0. The van der Waals surface area contributed by atoms with Crippen molar-refractivity contribution in [2.24, 2.45) is 5.92 Å². The summed E-state index contributed by atoms with van der Waals surface area (Å²) in [7, 11) is 0. The lowest BCUT2D eigenvalue weighted by Crippen LogP contribution is -2.45. The Kier molecular flexibility index (Phi) is 5.54. The summed E-state index contributed by atoms with van der Waals surface area (Å²) in [6.45, 7) is 4.20. The molecule has 0 bridgehead atoms. The Morgan fingerprint density at radius 1 is 1.07 bits per heavy atom. The molecule has 0 radical (unpaired) electrons. The van der Waals surface area contributed by atoms with Crippen LogP contribution in [-0.2, 0) is 16.0 Å². The van der Waals surface area contributed by atoms with Gasteiger partial charge < -0.3 is 4.90 Å². The Balaban J connectivity index is 1.58. The predicted molar refractivity (Wildman–Crippen MR) is 103 cm³/mol. The van der Waals surface area contributed by atoms with Gasteiger partial charge in [0.25, 0.3) is 5.91 Å². The fraction of sp³-hybridized carbons (Fsp3) is 0.286. The van der Waals surface area contributed by atoms with E-state index in [1.54, 1.807) is 17.0 Å². The van der Waals surface area contributed by atoms with E-state index in [2.05, 4.69) is 17.8 Å². The molecule has 1 aliphatic heterocycles. The van der Waals surface area contributed by atoms with Gasteiger partial charge in [0.1, 0.15) is 0 Å². The number of hydrogen-bond donors (Lipinski definition) is 2. The third-order valence-corrected chi connectivity index (χ3v) is 4.84. The number of benzene rings is 2. The number of amides is 3. The first-order valence-corrected chi connectivity index (χ1v) is 9.04. The van der Waals surface area contributed by atoms with Crippen LogP contribution in [0.4, 0.5) is 5.69 Å². The first-order valence-electron chi connectivity index (χ1n) is 9.04. The Labute approximate surface area is 158 Å². The molecule has 3 amide bonds. The van der Waals surface area contributed by atoms with Crippen molar-refractivity contribution < 1.29 is 14.4 Å². The Morgan fingerprint density at radius 2 is 1.78 bits per heavy atom. The number of hydrazine groups is 1. The van der Waals surface area contributed by atoms with E-state index in [-0.39, 0.29) is 24.1 Å². The van der Waals surface area contributed by atoms with Crippen molar-refractivity contribution in [3.05, 3.63) is 65.2 Å². The maximum Gasteiger partial charge on any atom is 0.269 e. The van der Waals surface area contributed by atoms with Gasteiger partial charge in [0, 0.05) is 24.2 Å². The molecular weight excluding hydrogens is 342 g/mol. The summed E-state index contributed by atoms with van der Waals surface area (Å²) in [4.78, 5) is 38.5. The minimum Gasteiger partial charge on any atom is -0.312 e. The quantitative estimate of drug-likeness (QED) is 0.817. The van der Waals surface area contributed by atoms with Crippen LogP contribution in [0.5, 0.6) is 0 Å². The van der Waals surface area contributed by atoms with Gasteiger partial charge in [-0.15, -0.1) is 0 Å². The fourth-order valence-corrected chi connectivity index (χ4v) is 3.16. The number of carbonyl (C=O) groups excluding carboxylic acids is 3. The first kappa shape index (κ1) is 18.6. The second kappa shape index (κ2) is 8.03. The molecule has 1 atom stereocenters. The molecule has 0 spiro atoms. The maximum absolute atomic E-state index is 12.4. The number of nitrogens with zero attached hydrogens (tertiary/aromatic N) is 1. The SMILES string of the molecule is CCc1ccc(N2C[C@@H](C(=O)NNC(=O)c3ccccc3C)CC2=O)cc1. The number of aryl methyl sites for hydroxylation is 2. The lowest BCUT2D eigenvalue weighted by Gasteiger charge is -2.17. The summed E-state index contributed by atoms with van der Waals surface area (Å²) >= 11 is 0. The number of anilines is 1. The third-order valence-electron chi connectivity index (χ3n) is 4.84. The highest BCUT2D eigenvalue weighted by Gasteiger charge is 2.35. The minimum atomic E-state index is -0.500. The van der Waals surface area contributed by atoms with Gasteiger partial charge in [-0.05, 0) is 42.7 Å². The lowest BCUT2D eigenvalue weighted by atomic mass is 10.1. The fourth-order valence-electron chi connectivity index (χ4n) is 3.16. The van der Waals surface area contributed by atoms with Gasteiger partial charge in [-0.1, -0.05) is 37.3 Å². The van der Waals surface area contributed by atoms with Crippen LogP contribution in [0.3, 0.4) is 0 Å². The molecule has 1 fully saturated rings. The van der Waals surface area contributed by atoms with Gasteiger partial charge in [0.05, 0.1) is 5.92 Å². The molecule has 0 unspecified atom stereocenters. The monoisotopic (exact) mass is 365 g/mol. The van der Waals surface area contributed by atoms with E-state index in [1.165, 1.54) is 5.56 Å². The van der Waals surface area contributed by atoms with Crippen molar-refractivity contribution in [1.82, 2.24) is 10.9 Å². The highest BCUT2D eigenvalue weighted by atomic mass is 16.2. The zero-order chi connectivity index (χ0) is 19.4. The van der Waals surface area contributed by atoms with Gasteiger partial charge >= 0.3 is 0 Å². The molecule has 140 valence electrons. The standard InChI is InChI=1S/C21H23N3O3/c1-3-15-8-10-17(11-9-15)24-13-16(12-19(24)25)20(26)22-23-21(27)18-7-5-4-6-14(18)2/h4-11,16H,3,12-13H2,1-2H3,(H,22,26)(H,23,27)/t16-/m0/s1. The molecule has 1 heterocycles. The summed E-state index contributed by atoms with van der Waals surface area (Å²) < 4.78 is 0. The van der Waals surface area contributed by atoms with Crippen molar-refractivity contribution in [3.8, 4) is 0 Å². The van der Waals surface area contributed by atoms with Crippen LogP contribution < -0.4 is 15.8 Å². The van der Waals surface area contributed by atoms with Crippen LogP contribution in [-0.4, -0.2) is 24.3 Å². The molecule has 3 rings (SSSR count). The molecule has 0 aliphatic carbocycles. The van der Waals surface area contributed by atoms with E-state index in [0.29, 0.717) is 12.1 Å². The smallest absolute Gasteiger partial charge is 0.269 e. The van der Waals surface area contributed by atoms with Crippen LogP contribution in [0.2, 0.25) is 0 Å². The lowest BCUT2D eigenvalue weighted by molar-refractivity contribution is -0.126. The molecule has 27 heavy (non-hydrogen) atoms. The average Bonchev–Trinajstić information content (AvgIpc) is 3.08. The molecule has 6 heteroatoms. The topological polar surface area (TPSA) is 78.5 Å². The van der Waals surface area contributed by atoms with Crippen LogP contribution in [0.15, 0.2) is 48.5 Å². The van der Waals surface area contributed by atoms with Gasteiger partial charge in [0.2, 0.25) is 11.8 Å². The summed E-state index contributed by atoms with van der Waals surface area (Å²) in [5.41, 5.74) is 8.18. The summed E-state index contributed by atoms with van der Waals surface area (Å²) in [5.74, 6) is -1.33. The number of nitrogens with one attached hydrogen (secondary N) is 2. The van der Waals surface area contributed by atoms with Crippen molar-refractivity contribution in [1.29, 1.82) is 0 Å². The predicted octanol–water partition coefficient (Wildman–Crippen LogP) is 2.37. The van der Waals surface area contributed by atoms with E-state index in [0.717, 1.165) is 17.7 Å². The highest BCUT2D eigenvalue weighted by Crippen LogP contribution is 2.25. The second-order valence-electron chi connectivity index (χ2n) is 6.68. The first-order chi connectivity index (χ1) is 13.0. The average molecular weight is 365 g/mol. The van der Waals surface area contributed by atoms with E-state index in [4.69, 9.17) is 0 Å². The third kappa shape index (κ3) is 4.16. The van der Waals surface area contributed by atoms with Crippen molar-refractivity contribution in [2.75, 3.05) is 11.4 Å². The summed E-state index contributed by atoms with van der Waals surface area (Å²) in [6.07, 6.45) is 1.06. The van der Waals surface area contributed by atoms with Crippen molar-refractivity contribution in [2.45, 2.75) is 26.7 Å². The molecule has 1 aliphatic rings. The second-order valence-corrected chi connectivity index (χ2v) is 6.68. The number of hydrogen-bond acceptors (Lipinski definition) is 3. The van der Waals surface area contributed by atoms with Gasteiger partial charge in [-0.2, -0.15) is 0 Å². The van der Waals surface area contributed by atoms with Crippen LogP contribution in [0.1, 0.15) is 34.8 Å². The maximum atomic E-state index is 12.4. The zero-order valence-corrected chi connectivity index (χ0v) is 15.5. The molecule has 2 aromatic rings. The molecule has 6 nitrogen and oxygen atoms in total. The van der Waals surface area contributed by atoms with E-state index in [1.807, 2.05) is 43.3 Å². The Hall–Kier alpha value is -3.15. The molecule has 0 aromatic heterocycles. The molecule has 0 saturated carbocycles. The summed E-state index contributed by atoms with van der Waals surface area (Å²) in [6, 6.07) is 14.9. The number of rotatable bonds is 4. The zero-order valence-electron chi connectivity index (χ0n) is 15.5.